The third-order valence-electron chi connectivity index (χ3n) is 3.09. The fourth-order valence-corrected chi connectivity index (χ4v) is 3.01. The maximum absolute atomic E-state index is 12.3. The van der Waals surface area contributed by atoms with E-state index in [1.54, 1.807) is 0 Å². The summed E-state index contributed by atoms with van der Waals surface area (Å²) in [4.78, 5) is 10.1. The van der Waals surface area contributed by atoms with Crippen molar-refractivity contribution in [1.29, 1.82) is 0 Å². The number of nitrogens with zero attached hydrogens (tertiary/aromatic N) is 2. The Hall–Kier alpha value is -1.73. The zero-order chi connectivity index (χ0) is 15.9. The van der Waals surface area contributed by atoms with Gasteiger partial charge < -0.3 is 0 Å². The minimum atomic E-state index is -3.58. The summed E-state index contributed by atoms with van der Waals surface area (Å²) in [6.07, 6.45) is 6.64. The highest BCUT2D eigenvalue weighted by molar-refractivity contribution is 7.89. The summed E-state index contributed by atoms with van der Waals surface area (Å²) in [5.41, 5.74) is -0.122. The van der Waals surface area contributed by atoms with Gasteiger partial charge in [0.05, 0.1) is 9.82 Å². The molecule has 0 N–H and O–H groups in total. The van der Waals surface area contributed by atoms with E-state index in [1.165, 1.54) is 35.6 Å². The zero-order valence-electron chi connectivity index (χ0n) is 12.2. The van der Waals surface area contributed by atoms with Gasteiger partial charge in [0, 0.05) is 25.7 Å². The van der Waals surface area contributed by atoms with Crippen molar-refractivity contribution in [3.63, 3.8) is 0 Å². The van der Waals surface area contributed by atoms with Crippen molar-refractivity contribution in [2.75, 3.05) is 13.6 Å². The number of hydrogen-bond acceptors (Lipinski definition) is 4. The van der Waals surface area contributed by atoms with Gasteiger partial charge in [0.25, 0.3) is 5.69 Å². The van der Waals surface area contributed by atoms with Crippen molar-refractivity contribution in [3.8, 4) is 0 Å². The Morgan fingerprint density at radius 1 is 1.24 bits per heavy atom. The fourth-order valence-electron chi connectivity index (χ4n) is 1.80. The molecular formula is C14H20N2O4S. The highest BCUT2D eigenvalue weighted by atomic mass is 32.2. The first-order chi connectivity index (χ1) is 9.89. The maximum atomic E-state index is 12.3. The quantitative estimate of drug-likeness (QED) is 0.320. The van der Waals surface area contributed by atoms with Gasteiger partial charge in [-0.1, -0.05) is 12.2 Å². The molecule has 21 heavy (non-hydrogen) atoms. The Labute approximate surface area is 125 Å². The summed E-state index contributed by atoms with van der Waals surface area (Å²) in [7, 11) is -2.06. The minimum absolute atomic E-state index is 0.0732. The third-order valence-corrected chi connectivity index (χ3v) is 4.96. The van der Waals surface area contributed by atoms with Crippen LogP contribution in [0.3, 0.4) is 0 Å². The molecule has 6 nitrogen and oxygen atoms in total. The predicted octanol–water partition coefficient (Wildman–Crippen LogP) is 2.96. The van der Waals surface area contributed by atoms with Crippen molar-refractivity contribution in [2.24, 2.45) is 0 Å². The Morgan fingerprint density at radius 2 is 1.86 bits per heavy atom. The van der Waals surface area contributed by atoms with Gasteiger partial charge in [-0.15, -0.1) is 0 Å². The Balaban J connectivity index is 2.68. The second-order valence-corrected chi connectivity index (χ2v) is 6.69. The minimum Gasteiger partial charge on any atom is -0.258 e. The van der Waals surface area contributed by atoms with Crippen LogP contribution in [0.2, 0.25) is 0 Å². The van der Waals surface area contributed by atoms with E-state index in [1.807, 2.05) is 19.1 Å². The largest absolute Gasteiger partial charge is 0.269 e. The first-order valence-electron chi connectivity index (χ1n) is 6.71. The van der Waals surface area contributed by atoms with E-state index in [9.17, 15) is 18.5 Å². The van der Waals surface area contributed by atoms with Crippen LogP contribution in [-0.2, 0) is 10.0 Å². The first kappa shape index (κ1) is 17.3. The molecule has 0 spiro atoms. The van der Waals surface area contributed by atoms with E-state index in [4.69, 9.17) is 0 Å². The summed E-state index contributed by atoms with van der Waals surface area (Å²) in [6, 6.07) is 4.94. The molecule has 0 atom stereocenters. The molecule has 0 radical (unpaired) electrons. The Kier molecular flexibility index (Phi) is 6.51. The lowest BCUT2D eigenvalue weighted by Gasteiger charge is -2.16. The fraction of sp³-hybridized carbons (Fsp3) is 0.429. The molecule has 1 aromatic rings. The van der Waals surface area contributed by atoms with Crippen LogP contribution in [-0.4, -0.2) is 31.2 Å². The molecule has 116 valence electrons. The molecule has 0 saturated carbocycles. The molecule has 1 aromatic carbocycles. The van der Waals surface area contributed by atoms with Crippen LogP contribution in [0.25, 0.3) is 0 Å². The number of allylic oxidation sites excluding steroid dienone is 2. The lowest BCUT2D eigenvalue weighted by Crippen LogP contribution is -2.27. The number of nitro groups is 1. The molecule has 0 fully saturated rings. The molecule has 7 heteroatoms. The van der Waals surface area contributed by atoms with Crippen molar-refractivity contribution in [2.45, 2.75) is 31.1 Å². The number of hydrogen-bond donors (Lipinski definition) is 0. The summed E-state index contributed by atoms with van der Waals surface area (Å²) in [5, 5.41) is 10.6. The van der Waals surface area contributed by atoms with Crippen molar-refractivity contribution < 1.29 is 13.3 Å². The van der Waals surface area contributed by atoms with Crippen LogP contribution in [0.1, 0.15) is 26.2 Å². The van der Waals surface area contributed by atoms with E-state index in [0.717, 1.165) is 19.3 Å². The molecule has 0 aliphatic heterocycles. The van der Waals surface area contributed by atoms with Crippen LogP contribution >= 0.6 is 0 Å². The first-order valence-corrected chi connectivity index (χ1v) is 8.15. The number of sulfonamides is 1. The number of unbranched alkanes of at least 4 members (excludes halogenated alkanes) is 2. The van der Waals surface area contributed by atoms with E-state index < -0.39 is 14.9 Å². The molecule has 0 aliphatic carbocycles. The van der Waals surface area contributed by atoms with Crippen LogP contribution in [0.15, 0.2) is 41.3 Å². The lowest BCUT2D eigenvalue weighted by molar-refractivity contribution is -0.384. The van der Waals surface area contributed by atoms with Gasteiger partial charge in [0.1, 0.15) is 0 Å². The molecule has 0 unspecified atom stereocenters. The van der Waals surface area contributed by atoms with Crippen LogP contribution < -0.4 is 0 Å². The van der Waals surface area contributed by atoms with Crippen molar-refractivity contribution in [3.05, 3.63) is 46.5 Å². The number of rotatable bonds is 8. The van der Waals surface area contributed by atoms with E-state index >= 15 is 0 Å². The summed E-state index contributed by atoms with van der Waals surface area (Å²) >= 11 is 0. The molecule has 0 bridgehead atoms. The van der Waals surface area contributed by atoms with Crippen molar-refractivity contribution in [1.82, 2.24) is 4.31 Å². The molecule has 0 saturated heterocycles. The van der Waals surface area contributed by atoms with E-state index in [-0.39, 0.29) is 10.6 Å². The van der Waals surface area contributed by atoms with Gasteiger partial charge >= 0.3 is 0 Å². The van der Waals surface area contributed by atoms with Crippen LogP contribution in [0, 0.1) is 10.1 Å². The monoisotopic (exact) mass is 312 g/mol. The maximum Gasteiger partial charge on any atom is 0.269 e. The highest BCUT2D eigenvalue weighted by Crippen LogP contribution is 2.19. The van der Waals surface area contributed by atoms with Gasteiger partial charge in [-0.25, -0.2) is 12.7 Å². The summed E-state index contributed by atoms with van der Waals surface area (Å²) < 4.78 is 25.8. The van der Waals surface area contributed by atoms with Gasteiger partial charge in [-0.3, -0.25) is 10.1 Å². The molecule has 0 aromatic heterocycles. The summed E-state index contributed by atoms with van der Waals surface area (Å²) in [5.74, 6) is 0. The molecule has 0 aliphatic rings. The lowest BCUT2D eigenvalue weighted by atomic mass is 10.2. The Bertz CT molecular complexity index is 594. The molecule has 0 heterocycles. The average Bonchev–Trinajstić information content (AvgIpc) is 2.46. The number of benzene rings is 1. The van der Waals surface area contributed by atoms with Crippen LogP contribution in [0.4, 0.5) is 5.69 Å². The average molecular weight is 312 g/mol. The smallest absolute Gasteiger partial charge is 0.258 e. The second kappa shape index (κ2) is 7.90. The van der Waals surface area contributed by atoms with E-state index in [0.29, 0.717) is 6.54 Å². The number of non-ortho nitro benzene ring substituents is 1. The van der Waals surface area contributed by atoms with Crippen LogP contribution in [0.5, 0.6) is 0 Å². The number of nitro benzene ring substituents is 1. The van der Waals surface area contributed by atoms with Gasteiger partial charge in [0.15, 0.2) is 0 Å². The van der Waals surface area contributed by atoms with Gasteiger partial charge in [-0.05, 0) is 38.3 Å². The second-order valence-electron chi connectivity index (χ2n) is 4.64. The Morgan fingerprint density at radius 3 is 2.38 bits per heavy atom. The molecule has 0 amide bonds. The standard InChI is InChI=1S/C14H20N2O4S/c1-3-4-5-6-7-12-15(2)21(19,20)14-10-8-13(9-11-14)16(17)18/h3-4,8-11H,5-7,12H2,1-2H3/b4-3+. The third kappa shape index (κ3) is 4.95. The highest BCUT2D eigenvalue weighted by Gasteiger charge is 2.21. The van der Waals surface area contributed by atoms with Gasteiger partial charge in [0.2, 0.25) is 10.0 Å². The summed E-state index contributed by atoms with van der Waals surface area (Å²) in [6.45, 7) is 2.38. The zero-order valence-corrected chi connectivity index (χ0v) is 13.0. The normalized spacial score (nSPS) is 12.1. The SMILES string of the molecule is C/C=C/CCCCN(C)S(=O)(=O)c1ccc([N+](=O)[O-])cc1. The topological polar surface area (TPSA) is 80.5 Å². The molecular weight excluding hydrogens is 292 g/mol. The van der Waals surface area contributed by atoms with Gasteiger partial charge in [-0.2, -0.15) is 0 Å². The van der Waals surface area contributed by atoms with E-state index in [2.05, 4.69) is 0 Å². The van der Waals surface area contributed by atoms with Crippen molar-refractivity contribution >= 4 is 15.7 Å². The molecule has 1 rings (SSSR count). The predicted molar refractivity (Wildman–Crippen MR) is 81.6 cm³/mol.